The van der Waals surface area contributed by atoms with Crippen molar-refractivity contribution in [3.05, 3.63) is 88.1 Å². The SMILES string of the molecule is CCOC(=O)C1=C(C)N=C2SC=C(CC(=O)NCCN3CCOCC3)N2C1c1cccc(OCc2ccccc2)c1. The summed E-state index contributed by atoms with van der Waals surface area (Å²) in [4.78, 5) is 35.3. The fourth-order valence-electron chi connectivity index (χ4n) is 5.08. The summed E-state index contributed by atoms with van der Waals surface area (Å²) in [5.41, 5.74) is 3.76. The molecule has 0 bridgehead atoms. The van der Waals surface area contributed by atoms with Crippen LogP contribution in [0.3, 0.4) is 0 Å². The van der Waals surface area contributed by atoms with Crippen molar-refractivity contribution in [1.82, 2.24) is 15.1 Å². The first-order valence-electron chi connectivity index (χ1n) is 14.0. The van der Waals surface area contributed by atoms with E-state index in [2.05, 4.69) is 10.2 Å². The Labute approximate surface area is 245 Å². The van der Waals surface area contributed by atoms with Crippen molar-refractivity contribution in [3.63, 3.8) is 0 Å². The molecular formula is C31H36N4O5S. The maximum absolute atomic E-state index is 13.3. The largest absolute Gasteiger partial charge is 0.489 e. The van der Waals surface area contributed by atoms with Crippen molar-refractivity contribution in [1.29, 1.82) is 0 Å². The first kappa shape index (κ1) is 28.9. The van der Waals surface area contributed by atoms with E-state index in [9.17, 15) is 9.59 Å². The van der Waals surface area contributed by atoms with Gasteiger partial charge in [-0.1, -0.05) is 54.2 Å². The van der Waals surface area contributed by atoms with Gasteiger partial charge in [0.1, 0.15) is 12.4 Å². The molecule has 2 aromatic carbocycles. The number of benzene rings is 2. The zero-order valence-corrected chi connectivity index (χ0v) is 24.3. The molecule has 0 saturated carbocycles. The quantitative estimate of drug-likeness (QED) is 0.397. The van der Waals surface area contributed by atoms with Crippen molar-refractivity contribution >= 4 is 28.8 Å². The summed E-state index contributed by atoms with van der Waals surface area (Å²) in [6, 6.07) is 17.2. The van der Waals surface area contributed by atoms with Crippen molar-refractivity contribution in [2.45, 2.75) is 32.9 Å². The lowest BCUT2D eigenvalue weighted by Gasteiger charge is -2.36. The van der Waals surface area contributed by atoms with E-state index < -0.39 is 12.0 Å². The molecule has 0 aliphatic carbocycles. The van der Waals surface area contributed by atoms with Gasteiger partial charge in [0, 0.05) is 31.9 Å². The van der Waals surface area contributed by atoms with Crippen LogP contribution in [0.25, 0.3) is 0 Å². The van der Waals surface area contributed by atoms with Gasteiger partial charge < -0.3 is 24.4 Å². The van der Waals surface area contributed by atoms with Gasteiger partial charge in [-0.2, -0.15) is 0 Å². The van der Waals surface area contributed by atoms with Gasteiger partial charge in [-0.05, 0) is 42.5 Å². The molecule has 216 valence electrons. The highest BCUT2D eigenvalue weighted by molar-refractivity contribution is 8.16. The van der Waals surface area contributed by atoms with Crippen LogP contribution in [0, 0.1) is 0 Å². The number of esters is 1. The Morgan fingerprint density at radius 3 is 2.71 bits per heavy atom. The van der Waals surface area contributed by atoms with Crippen LogP contribution in [0.2, 0.25) is 0 Å². The molecular weight excluding hydrogens is 540 g/mol. The molecule has 0 radical (unpaired) electrons. The van der Waals surface area contributed by atoms with Crippen LogP contribution in [0.5, 0.6) is 5.75 Å². The van der Waals surface area contributed by atoms with Crippen LogP contribution in [0.1, 0.15) is 37.4 Å². The molecule has 9 nitrogen and oxygen atoms in total. The summed E-state index contributed by atoms with van der Waals surface area (Å²) in [7, 11) is 0. The molecule has 3 heterocycles. The summed E-state index contributed by atoms with van der Waals surface area (Å²) >= 11 is 1.46. The molecule has 2 aromatic rings. The number of hydrogen-bond acceptors (Lipinski definition) is 9. The number of carbonyl (C=O) groups excluding carboxylic acids is 2. The van der Waals surface area contributed by atoms with Crippen LogP contribution in [-0.4, -0.2) is 72.8 Å². The maximum Gasteiger partial charge on any atom is 0.338 e. The zero-order chi connectivity index (χ0) is 28.6. The number of aliphatic imine (C=N–C) groups is 1. The predicted octanol–water partition coefficient (Wildman–Crippen LogP) is 4.24. The number of rotatable bonds is 11. The molecule has 3 aliphatic rings. The van der Waals surface area contributed by atoms with Crippen molar-refractivity contribution in [2.24, 2.45) is 4.99 Å². The minimum atomic E-state index is -0.510. The van der Waals surface area contributed by atoms with E-state index in [1.54, 1.807) is 6.92 Å². The Morgan fingerprint density at radius 1 is 1.12 bits per heavy atom. The number of hydrogen-bond donors (Lipinski definition) is 1. The predicted molar refractivity (Wildman–Crippen MR) is 159 cm³/mol. The average Bonchev–Trinajstić information content (AvgIpc) is 3.38. The van der Waals surface area contributed by atoms with E-state index in [1.807, 2.05) is 71.8 Å². The third-order valence-electron chi connectivity index (χ3n) is 7.11. The molecule has 0 aromatic heterocycles. The molecule has 1 N–H and O–H groups in total. The molecule has 10 heteroatoms. The van der Waals surface area contributed by atoms with Crippen LogP contribution < -0.4 is 10.1 Å². The fraction of sp³-hybridized carbons (Fsp3) is 0.387. The van der Waals surface area contributed by atoms with Gasteiger partial charge in [-0.3, -0.25) is 9.69 Å². The number of ether oxygens (including phenoxy) is 3. The smallest absolute Gasteiger partial charge is 0.338 e. The number of fused-ring (bicyclic) bond motifs is 1. The molecule has 3 aliphatic heterocycles. The van der Waals surface area contributed by atoms with Crippen LogP contribution in [-0.2, 0) is 25.7 Å². The van der Waals surface area contributed by atoms with Crippen LogP contribution >= 0.6 is 11.8 Å². The summed E-state index contributed by atoms with van der Waals surface area (Å²) in [6.45, 7) is 8.86. The molecule has 0 spiro atoms. The highest BCUT2D eigenvalue weighted by Crippen LogP contribution is 2.45. The van der Waals surface area contributed by atoms with E-state index in [-0.39, 0.29) is 18.9 Å². The number of amides is 1. The van der Waals surface area contributed by atoms with Gasteiger partial charge >= 0.3 is 5.97 Å². The molecule has 1 unspecified atom stereocenters. The minimum Gasteiger partial charge on any atom is -0.489 e. The summed E-state index contributed by atoms with van der Waals surface area (Å²) in [6.07, 6.45) is 0.172. The fourth-order valence-corrected chi connectivity index (χ4v) is 6.04. The first-order chi connectivity index (χ1) is 20.0. The average molecular weight is 577 g/mol. The van der Waals surface area contributed by atoms with Gasteiger partial charge in [-0.15, -0.1) is 0 Å². The second-order valence-electron chi connectivity index (χ2n) is 9.94. The lowest BCUT2D eigenvalue weighted by atomic mass is 9.93. The number of amidine groups is 1. The van der Waals surface area contributed by atoms with Crippen molar-refractivity contribution in [2.75, 3.05) is 46.0 Å². The lowest BCUT2D eigenvalue weighted by molar-refractivity contribution is -0.139. The Bertz CT molecular complexity index is 1340. The Kier molecular flexibility index (Phi) is 9.76. The highest BCUT2D eigenvalue weighted by atomic mass is 32.2. The highest BCUT2D eigenvalue weighted by Gasteiger charge is 2.41. The summed E-state index contributed by atoms with van der Waals surface area (Å²) in [5, 5.41) is 5.73. The molecule has 41 heavy (non-hydrogen) atoms. The molecule has 1 saturated heterocycles. The van der Waals surface area contributed by atoms with E-state index >= 15 is 0 Å². The van der Waals surface area contributed by atoms with Crippen molar-refractivity contribution in [3.8, 4) is 5.75 Å². The van der Waals surface area contributed by atoms with Crippen molar-refractivity contribution < 1.29 is 23.8 Å². The number of nitrogens with zero attached hydrogens (tertiary/aromatic N) is 3. The molecule has 5 rings (SSSR count). The third-order valence-corrected chi connectivity index (χ3v) is 8.00. The normalized spacial score (nSPS) is 18.9. The van der Waals surface area contributed by atoms with E-state index in [4.69, 9.17) is 19.2 Å². The number of allylic oxidation sites excluding steroid dienone is 1. The first-order valence-corrected chi connectivity index (χ1v) is 14.9. The Hall–Kier alpha value is -3.60. The molecule has 1 amide bonds. The Morgan fingerprint density at radius 2 is 1.93 bits per heavy atom. The lowest BCUT2D eigenvalue weighted by Crippen LogP contribution is -2.42. The summed E-state index contributed by atoms with van der Waals surface area (Å²) < 4.78 is 17.0. The second-order valence-corrected chi connectivity index (χ2v) is 10.8. The number of carbonyl (C=O) groups is 2. The van der Waals surface area contributed by atoms with Gasteiger partial charge in [0.15, 0.2) is 5.17 Å². The number of morpholine rings is 1. The number of nitrogens with one attached hydrogen (secondary N) is 1. The van der Waals surface area contributed by atoms with E-state index in [0.29, 0.717) is 30.2 Å². The maximum atomic E-state index is 13.3. The monoisotopic (exact) mass is 576 g/mol. The zero-order valence-electron chi connectivity index (χ0n) is 23.5. The minimum absolute atomic E-state index is 0.0750. The third kappa shape index (κ3) is 7.19. The van der Waals surface area contributed by atoms with Crippen LogP contribution in [0.4, 0.5) is 0 Å². The van der Waals surface area contributed by atoms with Gasteiger partial charge in [-0.25, -0.2) is 9.79 Å². The molecule has 1 fully saturated rings. The van der Waals surface area contributed by atoms with Crippen LogP contribution in [0.15, 0.2) is 82.0 Å². The standard InChI is InChI=1S/C31H36N4O5S/c1-3-39-30(37)28-22(2)33-31-35(25(21-41-31)19-27(36)32-12-13-34-14-16-38-17-15-34)29(28)24-10-7-11-26(18-24)40-20-23-8-5-4-6-9-23/h4-11,18,21,29H,3,12-17,19-20H2,1-2H3,(H,32,36). The second kappa shape index (κ2) is 13.8. The molecule has 1 atom stereocenters. The summed E-state index contributed by atoms with van der Waals surface area (Å²) in [5.74, 6) is 0.197. The van der Waals surface area contributed by atoms with Gasteiger partial charge in [0.25, 0.3) is 0 Å². The topological polar surface area (TPSA) is 92.7 Å². The van der Waals surface area contributed by atoms with Gasteiger partial charge in [0.2, 0.25) is 5.91 Å². The van der Waals surface area contributed by atoms with E-state index in [1.165, 1.54) is 11.8 Å². The Balaban J connectivity index is 1.35. The number of thioether (sulfide) groups is 1. The van der Waals surface area contributed by atoms with Gasteiger partial charge in [0.05, 0.1) is 43.6 Å². The van der Waals surface area contributed by atoms with E-state index in [0.717, 1.165) is 54.8 Å².